The van der Waals surface area contributed by atoms with E-state index in [1.54, 1.807) is 39.7 Å². The maximum absolute atomic E-state index is 5.47. The van der Waals surface area contributed by atoms with Crippen LogP contribution in [0.1, 0.15) is 16.0 Å². The van der Waals surface area contributed by atoms with E-state index in [1.807, 2.05) is 12.1 Å². The second-order valence-electron chi connectivity index (χ2n) is 5.32. The minimum Gasteiger partial charge on any atom is -0.496 e. The maximum Gasteiger partial charge on any atom is 0.191 e. The lowest BCUT2D eigenvalue weighted by Crippen LogP contribution is -2.36. The second kappa shape index (κ2) is 11.1. The maximum atomic E-state index is 5.47. The van der Waals surface area contributed by atoms with Crippen LogP contribution in [0.4, 0.5) is 0 Å². The van der Waals surface area contributed by atoms with Gasteiger partial charge in [0.1, 0.15) is 17.2 Å². The Morgan fingerprint density at radius 3 is 2.12 bits per heavy atom. The van der Waals surface area contributed by atoms with Crippen molar-refractivity contribution in [2.45, 2.75) is 20.0 Å². The third-order valence-electron chi connectivity index (χ3n) is 3.86. The van der Waals surface area contributed by atoms with Crippen molar-refractivity contribution >= 4 is 41.3 Å². The van der Waals surface area contributed by atoms with Gasteiger partial charge in [-0.1, -0.05) is 0 Å². The highest BCUT2D eigenvalue weighted by atomic mass is 127. The molecule has 0 saturated carbocycles. The molecule has 0 radical (unpaired) electrons. The van der Waals surface area contributed by atoms with Crippen molar-refractivity contribution in [3.63, 3.8) is 0 Å². The first-order valence-corrected chi connectivity index (χ1v) is 8.77. The van der Waals surface area contributed by atoms with Crippen LogP contribution in [0, 0.1) is 6.92 Å². The third-order valence-corrected chi connectivity index (χ3v) is 4.88. The molecule has 0 aliphatic rings. The van der Waals surface area contributed by atoms with E-state index in [0.717, 1.165) is 12.1 Å². The van der Waals surface area contributed by atoms with Crippen molar-refractivity contribution in [3.8, 4) is 17.2 Å². The zero-order chi connectivity index (χ0) is 18.2. The number of ether oxygens (including phenoxy) is 3. The number of benzene rings is 1. The van der Waals surface area contributed by atoms with Gasteiger partial charge in [-0.25, -0.2) is 0 Å². The summed E-state index contributed by atoms with van der Waals surface area (Å²) < 4.78 is 16.2. The number of nitrogens with zero attached hydrogens (tertiary/aromatic N) is 1. The van der Waals surface area contributed by atoms with Crippen molar-refractivity contribution in [2.75, 3.05) is 28.4 Å². The van der Waals surface area contributed by atoms with Gasteiger partial charge in [-0.2, -0.15) is 0 Å². The van der Waals surface area contributed by atoms with Gasteiger partial charge >= 0.3 is 0 Å². The highest BCUT2D eigenvalue weighted by Crippen LogP contribution is 2.33. The molecule has 6 nitrogen and oxygen atoms in total. The summed E-state index contributed by atoms with van der Waals surface area (Å²) >= 11 is 1.73. The summed E-state index contributed by atoms with van der Waals surface area (Å²) in [5.74, 6) is 2.81. The van der Waals surface area contributed by atoms with Crippen molar-refractivity contribution in [3.05, 3.63) is 39.6 Å². The van der Waals surface area contributed by atoms with Gasteiger partial charge in [0.15, 0.2) is 5.96 Å². The zero-order valence-corrected chi connectivity index (χ0v) is 18.9. The molecule has 0 saturated heterocycles. The van der Waals surface area contributed by atoms with Crippen LogP contribution >= 0.6 is 35.3 Å². The van der Waals surface area contributed by atoms with Crippen LogP contribution in [0.5, 0.6) is 17.2 Å². The van der Waals surface area contributed by atoms with Gasteiger partial charge in [0.05, 0.1) is 40.0 Å². The second-order valence-corrected chi connectivity index (χ2v) is 6.32. The molecule has 144 valence electrons. The number of guanidine groups is 1. The molecule has 1 heterocycles. The van der Waals surface area contributed by atoms with Crippen LogP contribution in [0.3, 0.4) is 0 Å². The van der Waals surface area contributed by atoms with E-state index in [2.05, 4.69) is 34.0 Å². The number of halogens is 1. The standard InChI is InChI=1S/C18H25N3O3S.HI/c1-12-6-7-25-17(12)11-21-18(19-2)20-10-14-15(23-4)8-13(22-3)9-16(14)24-5;/h6-9H,10-11H2,1-5H3,(H2,19,20,21);1H. The molecular formula is C18H26IN3O3S. The lowest BCUT2D eigenvalue weighted by Gasteiger charge is -2.17. The minimum atomic E-state index is 0. The summed E-state index contributed by atoms with van der Waals surface area (Å²) in [5.41, 5.74) is 2.19. The highest BCUT2D eigenvalue weighted by molar-refractivity contribution is 14.0. The minimum absolute atomic E-state index is 0. The number of hydrogen-bond donors (Lipinski definition) is 2. The third kappa shape index (κ3) is 5.66. The van der Waals surface area contributed by atoms with Crippen LogP contribution in [0.15, 0.2) is 28.6 Å². The van der Waals surface area contributed by atoms with E-state index in [0.29, 0.717) is 29.8 Å². The van der Waals surface area contributed by atoms with E-state index in [9.17, 15) is 0 Å². The quantitative estimate of drug-likeness (QED) is 0.353. The summed E-state index contributed by atoms with van der Waals surface area (Å²) in [5, 5.41) is 8.71. The Labute approximate surface area is 176 Å². The molecule has 2 aromatic rings. The van der Waals surface area contributed by atoms with Crippen molar-refractivity contribution in [1.29, 1.82) is 0 Å². The van der Waals surface area contributed by atoms with Gasteiger partial charge in [-0.15, -0.1) is 35.3 Å². The number of methoxy groups -OCH3 is 3. The van der Waals surface area contributed by atoms with Crippen LogP contribution in [-0.4, -0.2) is 34.3 Å². The number of aryl methyl sites for hydroxylation is 1. The summed E-state index contributed by atoms with van der Waals surface area (Å²) in [4.78, 5) is 5.56. The van der Waals surface area contributed by atoms with Gasteiger partial charge in [0, 0.05) is 24.1 Å². The topological polar surface area (TPSA) is 64.1 Å². The predicted molar refractivity (Wildman–Crippen MR) is 118 cm³/mol. The molecule has 0 unspecified atom stereocenters. The molecule has 0 spiro atoms. The lowest BCUT2D eigenvalue weighted by molar-refractivity contribution is 0.368. The molecule has 0 atom stereocenters. The molecule has 0 amide bonds. The molecule has 0 fully saturated rings. The first kappa shape index (κ1) is 22.4. The van der Waals surface area contributed by atoms with Gasteiger partial charge in [-0.05, 0) is 23.9 Å². The van der Waals surface area contributed by atoms with E-state index in [4.69, 9.17) is 14.2 Å². The fourth-order valence-corrected chi connectivity index (χ4v) is 3.24. The normalized spacial score (nSPS) is 10.7. The molecule has 2 rings (SSSR count). The fraction of sp³-hybridized carbons (Fsp3) is 0.389. The van der Waals surface area contributed by atoms with E-state index < -0.39 is 0 Å². The summed E-state index contributed by atoms with van der Waals surface area (Å²) in [7, 11) is 6.62. The molecule has 0 aliphatic heterocycles. The lowest BCUT2D eigenvalue weighted by atomic mass is 10.1. The molecule has 26 heavy (non-hydrogen) atoms. The zero-order valence-electron chi connectivity index (χ0n) is 15.7. The average Bonchev–Trinajstić information content (AvgIpc) is 3.06. The number of hydrogen-bond acceptors (Lipinski definition) is 5. The van der Waals surface area contributed by atoms with Crippen LogP contribution in [0.25, 0.3) is 0 Å². The summed E-state index contributed by atoms with van der Waals surface area (Å²) in [6.07, 6.45) is 0. The highest BCUT2D eigenvalue weighted by Gasteiger charge is 2.14. The summed E-state index contributed by atoms with van der Waals surface area (Å²) in [6, 6.07) is 5.79. The van der Waals surface area contributed by atoms with Gasteiger partial charge in [-0.3, -0.25) is 4.99 Å². The molecule has 0 aliphatic carbocycles. The Balaban J connectivity index is 0.00000338. The van der Waals surface area contributed by atoms with E-state index >= 15 is 0 Å². The van der Waals surface area contributed by atoms with Gasteiger partial charge in [0.2, 0.25) is 0 Å². The molecular weight excluding hydrogens is 465 g/mol. The Kier molecular flexibility index (Phi) is 9.57. The largest absolute Gasteiger partial charge is 0.496 e. The smallest absolute Gasteiger partial charge is 0.191 e. The monoisotopic (exact) mass is 491 g/mol. The first-order valence-electron chi connectivity index (χ1n) is 7.89. The van der Waals surface area contributed by atoms with Crippen LogP contribution in [-0.2, 0) is 13.1 Å². The Bertz CT molecular complexity index is 709. The van der Waals surface area contributed by atoms with Crippen molar-refractivity contribution in [2.24, 2.45) is 4.99 Å². The number of rotatable bonds is 7. The molecule has 8 heteroatoms. The van der Waals surface area contributed by atoms with Crippen molar-refractivity contribution in [1.82, 2.24) is 10.6 Å². The fourth-order valence-electron chi connectivity index (χ4n) is 2.39. The Hall–Kier alpha value is -1.68. The Morgan fingerprint density at radius 1 is 1.04 bits per heavy atom. The van der Waals surface area contributed by atoms with Crippen LogP contribution in [0.2, 0.25) is 0 Å². The summed E-state index contributed by atoms with van der Waals surface area (Å²) in [6.45, 7) is 3.36. The predicted octanol–water partition coefficient (Wildman–Crippen LogP) is 3.57. The first-order chi connectivity index (χ1) is 12.1. The molecule has 1 aromatic carbocycles. The SMILES string of the molecule is CN=C(NCc1sccc1C)NCc1c(OC)cc(OC)cc1OC.I. The number of aliphatic imine (C=N–C) groups is 1. The average molecular weight is 491 g/mol. The molecule has 2 N–H and O–H groups in total. The number of thiophene rings is 1. The molecule has 0 bridgehead atoms. The van der Waals surface area contributed by atoms with Gasteiger partial charge in [0.25, 0.3) is 0 Å². The Morgan fingerprint density at radius 2 is 1.65 bits per heavy atom. The van der Waals surface area contributed by atoms with Crippen molar-refractivity contribution < 1.29 is 14.2 Å². The van der Waals surface area contributed by atoms with Crippen LogP contribution < -0.4 is 24.8 Å². The molecule has 1 aromatic heterocycles. The van der Waals surface area contributed by atoms with Gasteiger partial charge < -0.3 is 24.8 Å². The van der Waals surface area contributed by atoms with E-state index in [1.165, 1.54) is 10.4 Å². The van der Waals surface area contributed by atoms with E-state index in [-0.39, 0.29) is 24.0 Å². The number of nitrogens with one attached hydrogen (secondary N) is 2.